The second kappa shape index (κ2) is 5.10. The van der Waals surface area contributed by atoms with E-state index >= 15 is 0 Å². The number of hydrogen-bond acceptors (Lipinski definition) is 4. The normalized spacial score (nSPS) is 16.0. The third-order valence-corrected chi connectivity index (χ3v) is 5.17. The summed E-state index contributed by atoms with van der Waals surface area (Å²) in [4.78, 5) is 2.26. The Morgan fingerprint density at radius 3 is 2.85 bits per heavy atom. The zero-order valence-corrected chi connectivity index (χ0v) is 12.6. The molecule has 0 N–H and O–H groups in total. The van der Waals surface area contributed by atoms with E-state index in [1.165, 1.54) is 7.44 Å². The van der Waals surface area contributed by atoms with E-state index in [2.05, 4.69) is 39.9 Å². The average Bonchev–Trinajstić information content (AvgIpc) is 2.34. The Morgan fingerprint density at radius 1 is 1.69 bits per heavy atom. The van der Waals surface area contributed by atoms with Crippen molar-refractivity contribution in [2.45, 2.75) is 18.1 Å². The van der Waals surface area contributed by atoms with E-state index in [1.54, 1.807) is 0 Å². The van der Waals surface area contributed by atoms with Gasteiger partial charge in [0, 0.05) is 0 Å². The predicted molar refractivity (Wildman–Crippen MR) is 59.1 cm³/mol. The van der Waals surface area contributed by atoms with Crippen LogP contribution >= 0.6 is 35.5 Å². The van der Waals surface area contributed by atoms with Gasteiger partial charge in [0.1, 0.15) is 0 Å². The topological polar surface area (TPSA) is 43.6 Å². The molecule has 1 unspecified atom stereocenters. The fourth-order valence-corrected chi connectivity index (χ4v) is 4.17. The molecule has 1 aromatic rings. The molecule has 0 fully saturated rings. The summed E-state index contributed by atoms with van der Waals surface area (Å²) in [5.74, 6) is 0.782. The van der Waals surface area contributed by atoms with Gasteiger partial charge < -0.3 is 0 Å². The summed E-state index contributed by atoms with van der Waals surface area (Å²) >= 11 is 6.85. The SMILES string of the molecule is C[I-]CC(C)(S)Cc1nnn(I)n1. The number of halogens is 2. The molecular weight excluding hydrogens is 414 g/mol. The summed E-state index contributed by atoms with van der Waals surface area (Å²) in [5.41, 5.74) is 0. The molecular formula is C6H11I2N4S-. The van der Waals surface area contributed by atoms with Gasteiger partial charge in [-0.05, 0) is 0 Å². The van der Waals surface area contributed by atoms with Crippen LogP contribution in [0.2, 0.25) is 0 Å². The molecule has 0 aliphatic rings. The monoisotopic (exact) mass is 425 g/mol. The fraction of sp³-hybridized carbons (Fsp3) is 0.833. The Labute approximate surface area is 107 Å². The molecule has 1 atom stereocenters. The predicted octanol–water partition coefficient (Wildman–Crippen LogP) is -2.18. The Morgan fingerprint density at radius 2 is 2.38 bits per heavy atom. The minimum absolute atomic E-state index is 0.0295. The van der Waals surface area contributed by atoms with Gasteiger partial charge >= 0.3 is 108 Å². The first-order chi connectivity index (χ1) is 6.03. The van der Waals surface area contributed by atoms with Gasteiger partial charge in [-0.25, -0.2) is 0 Å². The van der Waals surface area contributed by atoms with Crippen molar-refractivity contribution in [3.05, 3.63) is 5.82 Å². The van der Waals surface area contributed by atoms with Crippen molar-refractivity contribution in [1.29, 1.82) is 0 Å². The van der Waals surface area contributed by atoms with E-state index < -0.39 is 0 Å². The summed E-state index contributed by atoms with van der Waals surface area (Å²) in [5, 5.41) is 11.8. The van der Waals surface area contributed by atoms with Crippen LogP contribution in [-0.2, 0) is 6.42 Å². The molecule has 1 rings (SSSR count). The van der Waals surface area contributed by atoms with Gasteiger partial charge in [0.25, 0.3) is 0 Å². The molecule has 13 heavy (non-hydrogen) atoms. The van der Waals surface area contributed by atoms with Gasteiger partial charge in [0.2, 0.25) is 0 Å². The molecule has 7 heteroatoms. The molecule has 1 aromatic heterocycles. The van der Waals surface area contributed by atoms with E-state index in [-0.39, 0.29) is 26.0 Å². The summed E-state index contributed by atoms with van der Waals surface area (Å²) in [6, 6.07) is 0. The van der Waals surface area contributed by atoms with Crippen LogP contribution in [0, 0.1) is 0 Å². The molecule has 0 amide bonds. The van der Waals surface area contributed by atoms with Crippen molar-refractivity contribution in [2.24, 2.45) is 0 Å². The van der Waals surface area contributed by atoms with E-state index in [4.69, 9.17) is 0 Å². The third-order valence-electron chi connectivity index (χ3n) is 1.39. The van der Waals surface area contributed by atoms with Crippen molar-refractivity contribution in [3.63, 3.8) is 0 Å². The Balaban J connectivity index is 2.57. The van der Waals surface area contributed by atoms with Crippen molar-refractivity contribution in [2.75, 3.05) is 9.36 Å². The van der Waals surface area contributed by atoms with Crippen LogP contribution in [0.15, 0.2) is 0 Å². The molecule has 4 nitrogen and oxygen atoms in total. The molecule has 0 aliphatic heterocycles. The summed E-state index contributed by atoms with van der Waals surface area (Å²) in [7, 11) is 0. The van der Waals surface area contributed by atoms with Gasteiger partial charge in [0.05, 0.1) is 0 Å². The first-order valence-corrected chi connectivity index (χ1v) is 8.74. The molecule has 0 bridgehead atoms. The Kier molecular flexibility index (Phi) is 4.69. The van der Waals surface area contributed by atoms with Gasteiger partial charge in [-0.15, -0.1) is 0 Å². The second-order valence-electron chi connectivity index (χ2n) is 3.02. The first kappa shape index (κ1) is 12.0. The number of hydrogen-bond donors (Lipinski definition) is 1. The molecule has 0 saturated heterocycles. The molecule has 0 spiro atoms. The van der Waals surface area contributed by atoms with Crippen molar-refractivity contribution >= 4 is 35.5 Å². The van der Waals surface area contributed by atoms with Crippen LogP contribution in [-0.4, -0.2) is 32.5 Å². The van der Waals surface area contributed by atoms with E-state index in [9.17, 15) is 0 Å². The van der Waals surface area contributed by atoms with E-state index in [0.29, 0.717) is 0 Å². The zero-order chi connectivity index (χ0) is 9.90. The van der Waals surface area contributed by atoms with E-state index in [1.807, 2.05) is 22.9 Å². The van der Waals surface area contributed by atoms with Crippen LogP contribution < -0.4 is 21.2 Å². The Bertz CT molecular complexity index is 275. The first-order valence-electron chi connectivity index (χ1n) is 3.65. The fourth-order valence-electron chi connectivity index (χ4n) is 0.970. The van der Waals surface area contributed by atoms with Crippen LogP contribution in [0.3, 0.4) is 0 Å². The summed E-state index contributed by atoms with van der Waals surface area (Å²) < 4.78 is 2.66. The zero-order valence-electron chi connectivity index (χ0n) is 7.41. The molecule has 1 heterocycles. The van der Waals surface area contributed by atoms with Crippen LogP contribution in [0.25, 0.3) is 0 Å². The van der Waals surface area contributed by atoms with Gasteiger partial charge in [0.15, 0.2) is 0 Å². The van der Waals surface area contributed by atoms with Gasteiger partial charge in [-0.1, -0.05) is 0 Å². The van der Waals surface area contributed by atoms with Gasteiger partial charge in [-0.3, -0.25) is 0 Å². The Hall–Kier alpha value is 0.880. The maximum atomic E-state index is 4.60. The number of alkyl halides is 2. The third kappa shape index (κ3) is 4.28. The molecule has 0 radical (unpaired) electrons. The number of tetrazole rings is 1. The average molecular weight is 425 g/mol. The van der Waals surface area contributed by atoms with Crippen molar-refractivity contribution < 1.29 is 21.2 Å². The minimum atomic E-state index is 0.0295. The molecule has 0 saturated carbocycles. The molecule has 76 valence electrons. The van der Waals surface area contributed by atoms with Crippen LogP contribution in [0.4, 0.5) is 0 Å². The molecule has 0 aromatic carbocycles. The number of aromatic nitrogens is 4. The quantitative estimate of drug-likeness (QED) is 0.339. The number of rotatable bonds is 4. The van der Waals surface area contributed by atoms with E-state index in [0.717, 1.165) is 12.2 Å². The maximum absolute atomic E-state index is 4.60. The van der Waals surface area contributed by atoms with Gasteiger partial charge in [-0.2, -0.15) is 0 Å². The van der Waals surface area contributed by atoms with Crippen molar-refractivity contribution in [1.82, 2.24) is 18.4 Å². The van der Waals surface area contributed by atoms with Crippen molar-refractivity contribution in [3.8, 4) is 0 Å². The summed E-state index contributed by atoms with van der Waals surface area (Å²) in [6.45, 7) is 2.13. The molecule has 0 aliphatic carbocycles. The number of nitrogens with zero attached hydrogens (tertiary/aromatic N) is 4. The van der Waals surface area contributed by atoms with Crippen LogP contribution in [0.1, 0.15) is 12.7 Å². The second-order valence-corrected chi connectivity index (χ2v) is 7.25. The van der Waals surface area contributed by atoms with Crippen LogP contribution in [0.5, 0.6) is 0 Å². The standard InChI is InChI=1S/C6H11I2N4S/c1-6(13,4-8-2)3-5-9-11-12(7)10-5/h13H,3-4H2,1-2H3/q-1. The number of thiol groups is 1. The summed E-state index contributed by atoms with van der Waals surface area (Å²) in [6.07, 6.45) is 0.798.